The highest BCUT2D eigenvalue weighted by molar-refractivity contribution is 5.28. The van der Waals surface area contributed by atoms with E-state index < -0.39 is 0 Å². The van der Waals surface area contributed by atoms with E-state index in [0.29, 0.717) is 18.1 Å². The van der Waals surface area contributed by atoms with E-state index in [1.54, 1.807) is 7.11 Å². The van der Waals surface area contributed by atoms with Crippen LogP contribution in [0.4, 0.5) is 0 Å². The number of rotatable bonds is 5. The number of aryl methyl sites for hydroxylation is 2. The lowest BCUT2D eigenvalue weighted by atomic mass is 10.1. The minimum absolute atomic E-state index is 0.183. The van der Waals surface area contributed by atoms with Crippen molar-refractivity contribution >= 4 is 0 Å². The van der Waals surface area contributed by atoms with Crippen LogP contribution in [0.1, 0.15) is 17.3 Å². The predicted molar refractivity (Wildman–Crippen MR) is 64.0 cm³/mol. The topological polar surface area (TPSA) is 71.9 Å². The Bertz CT molecular complexity index is 557. The Balaban J connectivity index is 1.95. The average Bonchev–Trinajstić information content (AvgIpc) is 2.85. The second-order valence-corrected chi connectivity index (χ2v) is 3.79. The van der Waals surface area contributed by atoms with Gasteiger partial charge in [0.15, 0.2) is 5.82 Å². The molecule has 0 aliphatic carbocycles. The van der Waals surface area contributed by atoms with E-state index in [2.05, 4.69) is 10.1 Å². The van der Waals surface area contributed by atoms with Gasteiger partial charge in [-0.2, -0.15) is 10.2 Å². The monoisotopic (exact) mass is 243 g/mol. The molecular formula is C13H13N3O2. The smallest absolute Gasteiger partial charge is 0.227 e. The van der Waals surface area contributed by atoms with Crippen LogP contribution in [0.15, 0.2) is 28.8 Å². The van der Waals surface area contributed by atoms with Crippen LogP contribution in [0, 0.1) is 11.3 Å². The molecule has 1 heterocycles. The Labute approximate surface area is 105 Å². The number of ether oxygens (including phenoxy) is 1. The molecule has 5 heteroatoms. The predicted octanol–water partition coefficient (Wildman–Crippen LogP) is 1.93. The molecule has 0 saturated carbocycles. The molecule has 0 fully saturated rings. The quantitative estimate of drug-likeness (QED) is 0.802. The summed E-state index contributed by atoms with van der Waals surface area (Å²) in [7, 11) is 1.64. The highest BCUT2D eigenvalue weighted by Gasteiger charge is 2.06. The van der Waals surface area contributed by atoms with E-state index in [0.717, 1.165) is 17.7 Å². The van der Waals surface area contributed by atoms with Gasteiger partial charge in [-0.25, -0.2) is 0 Å². The van der Waals surface area contributed by atoms with Crippen molar-refractivity contribution in [2.24, 2.45) is 0 Å². The van der Waals surface area contributed by atoms with Gasteiger partial charge >= 0.3 is 0 Å². The standard InChI is InChI=1S/C13H13N3O2/c1-17-11-4-2-3-10(9-11)5-6-13-15-12(7-8-14)16-18-13/h2-4,9H,5-7H2,1H3. The Morgan fingerprint density at radius 3 is 3.06 bits per heavy atom. The first kappa shape index (κ1) is 12.1. The number of nitriles is 1. The van der Waals surface area contributed by atoms with E-state index in [9.17, 15) is 0 Å². The molecule has 1 aromatic carbocycles. The SMILES string of the molecule is COc1cccc(CCc2nc(CC#N)no2)c1. The van der Waals surface area contributed by atoms with Gasteiger partial charge in [0.25, 0.3) is 0 Å². The number of hydrogen-bond donors (Lipinski definition) is 0. The fourth-order valence-corrected chi connectivity index (χ4v) is 1.61. The number of aromatic nitrogens is 2. The second kappa shape index (κ2) is 5.82. The van der Waals surface area contributed by atoms with E-state index >= 15 is 0 Å². The summed E-state index contributed by atoms with van der Waals surface area (Å²) in [6, 6.07) is 9.84. The molecule has 0 atom stereocenters. The van der Waals surface area contributed by atoms with Gasteiger partial charge < -0.3 is 9.26 Å². The highest BCUT2D eigenvalue weighted by Crippen LogP contribution is 2.14. The minimum atomic E-state index is 0.183. The normalized spacial score (nSPS) is 10.0. The van der Waals surface area contributed by atoms with Crippen molar-refractivity contribution in [3.05, 3.63) is 41.5 Å². The lowest BCUT2D eigenvalue weighted by molar-refractivity contribution is 0.374. The molecule has 5 nitrogen and oxygen atoms in total. The minimum Gasteiger partial charge on any atom is -0.497 e. The van der Waals surface area contributed by atoms with Crippen molar-refractivity contribution in [1.29, 1.82) is 5.26 Å². The maximum absolute atomic E-state index is 8.51. The molecule has 0 unspecified atom stereocenters. The number of hydrogen-bond acceptors (Lipinski definition) is 5. The summed E-state index contributed by atoms with van der Waals surface area (Å²) in [6.45, 7) is 0. The lowest BCUT2D eigenvalue weighted by Gasteiger charge is -2.02. The third-order valence-corrected chi connectivity index (χ3v) is 2.51. The molecule has 0 aliphatic heterocycles. The number of nitrogens with zero attached hydrogens (tertiary/aromatic N) is 3. The second-order valence-electron chi connectivity index (χ2n) is 3.79. The zero-order valence-corrected chi connectivity index (χ0v) is 10.1. The van der Waals surface area contributed by atoms with E-state index in [1.165, 1.54) is 0 Å². The van der Waals surface area contributed by atoms with Gasteiger partial charge in [-0.15, -0.1) is 0 Å². The van der Waals surface area contributed by atoms with Crippen molar-refractivity contribution in [3.63, 3.8) is 0 Å². The summed E-state index contributed by atoms with van der Waals surface area (Å²) in [6.07, 6.45) is 1.64. The molecule has 0 spiro atoms. The van der Waals surface area contributed by atoms with Crippen molar-refractivity contribution < 1.29 is 9.26 Å². The van der Waals surface area contributed by atoms with Gasteiger partial charge in [0.05, 0.1) is 19.6 Å². The highest BCUT2D eigenvalue weighted by atomic mass is 16.5. The van der Waals surface area contributed by atoms with Crippen LogP contribution in [0.25, 0.3) is 0 Å². The molecule has 1 aromatic heterocycles. The van der Waals surface area contributed by atoms with E-state index in [1.807, 2.05) is 30.3 Å². The van der Waals surface area contributed by atoms with Gasteiger partial charge in [-0.3, -0.25) is 0 Å². The molecule has 2 rings (SSSR count). The molecule has 0 amide bonds. The van der Waals surface area contributed by atoms with Gasteiger partial charge in [0.2, 0.25) is 5.89 Å². The van der Waals surface area contributed by atoms with Crippen LogP contribution in [-0.4, -0.2) is 17.3 Å². The maximum Gasteiger partial charge on any atom is 0.227 e. The van der Waals surface area contributed by atoms with Crippen molar-refractivity contribution in [1.82, 2.24) is 10.1 Å². The fraction of sp³-hybridized carbons (Fsp3) is 0.308. The summed E-state index contributed by atoms with van der Waals surface area (Å²) < 4.78 is 10.2. The molecule has 2 aromatic rings. The van der Waals surface area contributed by atoms with Crippen LogP contribution in [0.2, 0.25) is 0 Å². The average molecular weight is 243 g/mol. The first-order chi connectivity index (χ1) is 8.81. The Morgan fingerprint density at radius 2 is 2.28 bits per heavy atom. The Morgan fingerprint density at radius 1 is 1.39 bits per heavy atom. The summed E-state index contributed by atoms with van der Waals surface area (Å²) in [5.41, 5.74) is 1.15. The zero-order valence-electron chi connectivity index (χ0n) is 10.1. The van der Waals surface area contributed by atoms with Crippen LogP contribution >= 0.6 is 0 Å². The number of methoxy groups -OCH3 is 1. The third-order valence-electron chi connectivity index (χ3n) is 2.51. The molecular weight excluding hydrogens is 230 g/mol. The Kier molecular flexibility index (Phi) is 3.92. The molecule has 0 saturated heterocycles. The van der Waals surface area contributed by atoms with Crippen molar-refractivity contribution in [2.45, 2.75) is 19.3 Å². The van der Waals surface area contributed by atoms with Crippen LogP contribution < -0.4 is 4.74 Å². The molecule has 0 aliphatic rings. The van der Waals surface area contributed by atoms with Crippen molar-refractivity contribution in [3.8, 4) is 11.8 Å². The lowest BCUT2D eigenvalue weighted by Crippen LogP contribution is -1.93. The third kappa shape index (κ3) is 3.08. The largest absolute Gasteiger partial charge is 0.497 e. The fourth-order valence-electron chi connectivity index (χ4n) is 1.61. The van der Waals surface area contributed by atoms with Gasteiger partial charge in [0, 0.05) is 6.42 Å². The summed E-state index contributed by atoms with van der Waals surface area (Å²) in [5.74, 6) is 1.84. The van der Waals surface area contributed by atoms with Crippen LogP contribution in [-0.2, 0) is 19.3 Å². The van der Waals surface area contributed by atoms with Crippen LogP contribution in [0.3, 0.4) is 0 Å². The molecule has 0 radical (unpaired) electrons. The molecule has 0 N–H and O–H groups in total. The molecule has 92 valence electrons. The first-order valence-corrected chi connectivity index (χ1v) is 5.63. The summed E-state index contributed by atoms with van der Waals surface area (Å²) in [5, 5.41) is 12.2. The van der Waals surface area contributed by atoms with Gasteiger partial charge in [-0.05, 0) is 24.1 Å². The Hall–Kier alpha value is -2.35. The van der Waals surface area contributed by atoms with Gasteiger partial charge in [-0.1, -0.05) is 17.3 Å². The van der Waals surface area contributed by atoms with Crippen LogP contribution in [0.5, 0.6) is 5.75 Å². The number of benzene rings is 1. The van der Waals surface area contributed by atoms with E-state index in [4.69, 9.17) is 14.5 Å². The molecule has 0 bridgehead atoms. The van der Waals surface area contributed by atoms with E-state index in [-0.39, 0.29) is 6.42 Å². The first-order valence-electron chi connectivity index (χ1n) is 5.63. The van der Waals surface area contributed by atoms with Gasteiger partial charge in [0.1, 0.15) is 5.75 Å². The van der Waals surface area contributed by atoms with Crippen molar-refractivity contribution in [2.75, 3.05) is 7.11 Å². The summed E-state index contributed by atoms with van der Waals surface area (Å²) >= 11 is 0. The maximum atomic E-state index is 8.51. The molecule has 18 heavy (non-hydrogen) atoms. The summed E-state index contributed by atoms with van der Waals surface area (Å²) in [4.78, 5) is 4.13. The zero-order chi connectivity index (χ0) is 12.8.